The Morgan fingerprint density at radius 2 is 2.00 bits per heavy atom. The van der Waals surface area contributed by atoms with Crippen molar-refractivity contribution >= 4 is 0 Å². The zero-order valence-corrected chi connectivity index (χ0v) is 7.31. The van der Waals surface area contributed by atoms with Crippen molar-refractivity contribution in [2.45, 2.75) is 25.8 Å². The topological polar surface area (TPSA) is 32.3 Å². The Balaban J connectivity index is 2.37. The van der Waals surface area contributed by atoms with E-state index in [1.807, 2.05) is 11.5 Å². The Morgan fingerprint density at radius 1 is 1.31 bits per heavy atom. The van der Waals surface area contributed by atoms with Gasteiger partial charge in [-0.25, -0.2) is 9.87 Å². The Labute approximate surface area is 76.3 Å². The minimum atomic E-state index is -0.220. The highest BCUT2D eigenvalue weighted by Crippen LogP contribution is 2.24. The molecule has 0 saturated carbocycles. The first-order valence-electron chi connectivity index (χ1n) is 4.48. The van der Waals surface area contributed by atoms with Gasteiger partial charge in [0.05, 0.1) is 0 Å². The first kappa shape index (κ1) is 8.66. The van der Waals surface area contributed by atoms with Crippen LogP contribution in [0.25, 0.3) is 0 Å². The molecule has 70 valence electrons. The molecule has 0 heterocycles. The summed E-state index contributed by atoms with van der Waals surface area (Å²) in [6.07, 6.45) is 3.14. The molecule has 13 heavy (non-hydrogen) atoms. The Hall–Kier alpha value is -0.930. The molecule has 0 atom stereocenters. The van der Waals surface area contributed by atoms with Crippen LogP contribution in [0.2, 0.25) is 0 Å². The van der Waals surface area contributed by atoms with E-state index in [1.54, 1.807) is 6.07 Å². The maximum atomic E-state index is 13.3. The quantitative estimate of drug-likeness (QED) is 0.682. The second-order valence-corrected chi connectivity index (χ2v) is 3.40. The molecule has 0 fully saturated rings. The summed E-state index contributed by atoms with van der Waals surface area (Å²) in [5.74, 6) is -0.220. The minimum Gasteiger partial charge on any atom is -0.316 e. The van der Waals surface area contributed by atoms with Crippen LogP contribution in [-0.2, 0) is 19.4 Å². The standard InChI is InChI=1S/C10H12FNO/c11-10-5-8-3-1-2-7(8)4-9(10)6-12-13/h4-5,12-13H,1-3,6H2. The van der Waals surface area contributed by atoms with E-state index in [-0.39, 0.29) is 12.4 Å². The van der Waals surface area contributed by atoms with Crippen LogP contribution in [0.4, 0.5) is 4.39 Å². The van der Waals surface area contributed by atoms with Crippen LogP contribution in [0.15, 0.2) is 12.1 Å². The van der Waals surface area contributed by atoms with Gasteiger partial charge in [-0.1, -0.05) is 6.07 Å². The third-order valence-electron chi connectivity index (χ3n) is 2.53. The number of hydroxylamine groups is 1. The second-order valence-electron chi connectivity index (χ2n) is 3.40. The van der Waals surface area contributed by atoms with Gasteiger partial charge < -0.3 is 5.21 Å². The van der Waals surface area contributed by atoms with E-state index >= 15 is 0 Å². The number of hydrogen-bond donors (Lipinski definition) is 2. The van der Waals surface area contributed by atoms with Crippen LogP contribution in [0, 0.1) is 5.82 Å². The lowest BCUT2D eigenvalue weighted by Crippen LogP contribution is -2.08. The Kier molecular flexibility index (Phi) is 2.29. The molecule has 2 rings (SSSR count). The number of rotatable bonds is 2. The fourth-order valence-corrected chi connectivity index (χ4v) is 1.87. The largest absolute Gasteiger partial charge is 0.316 e. The summed E-state index contributed by atoms with van der Waals surface area (Å²) in [7, 11) is 0. The molecule has 1 aromatic carbocycles. The van der Waals surface area contributed by atoms with Crippen molar-refractivity contribution in [1.29, 1.82) is 0 Å². The molecule has 0 radical (unpaired) electrons. The molecular formula is C10H12FNO. The van der Waals surface area contributed by atoms with Crippen LogP contribution >= 0.6 is 0 Å². The van der Waals surface area contributed by atoms with Crippen LogP contribution in [0.1, 0.15) is 23.1 Å². The third kappa shape index (κ3) is 1.57. The summed E-state index contributed by atoms with van der Waals surface area (Å²) >= 11 is 0. The highest BCUT2D eigenvalue weighted by molar-refractivity contribution is 5.36. The molecule has 0 spiro atoms. The SMILES string of the molecule is ONCc1cc2c(cc1F)CCC2. The first-order chi connectivity index (χ1) is 6.31. The summed E-state index contributed by atoms with van der Waals surface area (Å²) < 4.78 is 13.3. The highest BCUT2D eigenvalue weighted by atomic mass is 19.1. The molecule has 0 aromatic heterocycles. The number of fused-ring (bicyclic) bond motifs is 1. The summed E-state index contributed by atoms with van der Waals surface area (Å²) in [5.41, 5.74) is 4.87. The molecule has 2 N–H and O–H groups in total. The van der Waals surface area contributed by atoms with Crippen LogP contribution in [0.3, 0.4) is 0 Å². The molecule has 3 heteroatoms. The third-order valence-corrected chi connectivity index (χ3v) is 2.53. The van der Waals surface area contributed by atoms with Gasteiger partial charge in [0.2, 0.25) is 0 Å². The van der Waals surface area contributed by atoms with Crippen molar-refractivity contribution in [3.8, 4) is 0 Å². The van der Waals surface area contributed by atoms with Gasteiger partial charge >= 0.3 is 0 Å². The van der Waals surface area contributed by atoms with Crippen molar-refractivity contribution in [1.82, 2.24) is 5.48 Å². The van der Waals surface area contributed by atoms with Crippen LogP contribution < -0.4 is 5.48 Å². The van der Waals surface area contributed by atoms with E-state index in [4.69, 9.17) is 5.21 Å². The van der Waals surface area contributed by atoms with Gasteiger partial charge in [-0.15, -0.1) is 0 Å². The van der Waals surface area contributed by atoms with E-state index in [0.29, 0.717) is 5.56 Å². The van der Waals surface area contributed by atoms with Gasteiger partial charge in [-0.3, -0.25) is 0 Å². The lowest BCUT2D eigenvalue weighted by molar-refractivity contribution is 0.160. The van der Waals surface area contributed by atoms with Crippen molar-refractivity contribution < 1.29 is 9.60 Å². The van der Waals surface area contributed by atoms with Crippen molar-refractivity contribution in [2.75, 3.05) is 0 Å². The van der Waals surface area contributed by atoms with E-state index in [0.717, 1.165) is 24.8 Å². The van der Waals surface area contributed by atoms with Crippen molar-refractivity contribution in [3.63, 3.8) is 0 Å². The lowest BCUT2D eigenvalue weighted by Gasteiger charge is -2.05. The number of nitrogens with one attached hydrogen (secondary N) is 1. The second kappa shape index (κ2) is 3.44. The molecule has 1 aromatic rings. The number of aryl methyl sites for hydroxylation is 2. The number of halogens is 1. The minimum absolute atomic E-state index is 0.180. The zero-order chi connectivity index (χ0) is 9.26. The van der Waals surface area contributed by atoms with Crippen LogP contribution in [-0.4, -0.2) is 5.21 Å². The molecule has 1 aliphatic rings. The molecular weight excluding hydrogens is 169 g/mol. The normalized spacial score (nSPS) is 14.6. The molecule has 0 saturated heterocycles. The van der Waals surface area contributed by atoms with E-state index in [9.17, 15) is 4.39 Å². The molecule has 1 aliphatic carbocycles. The summed E-state index contributed by atoms with van der Waals surface area (Å²) in [5, 5.41) is 8.48. The van der Waals surface area contributed by atoms with Gasteiger partial charge in [0.25, 0.3) is 0 Å². The van der Waals surface area contributed by atoms with Gasteiger partial charge in [0.1, 0.15) is 5.82 Å². The van der Waals surface area contributed by atoms with Gasteiger partial charge in [0.15, 0.2) is 0 Å². The predicted molar refractivity (Wildman–Crippen MR) is 47.1 cm³/mol. The highest BCUT2D eigenvalue weighted by Gasteiger charge is 2.14. The molecule has 0 unspecified atom stereocenters. The van der Waals surface area contributed by atoms with Crippen molar-refractivity contribution in [2.24, 2.45) is 0 Å². The van der Waals surface area contributed by atoms with E-state index in [2.05, 4.69) is 0 Å². The Bertz CT molecular complexity index is 325. The number of hydrogen-bond acceptors (Lipinski definition) is 2. The van der Waals surface area contributed by atoms with E-state index < -0.39 is 0 Å². The maximum Gasteiger partial charge on any atom is 0.128 e. The van der Waals surface area contributed by atoms with Gasteiger partial charge in [0, 0.05) is 12.1 Å². The molecule has 0 bridgehead atoms. The smallest absolute Gasteiger partial charge is 0.128 e. The summed E-state index contributed by atoms with van der Waals surface area (Å²) in [4.78, 5) is 0. The fraction of sp³-hybridized carbons (Fsp3) is 0.400. The number of benzene rings is 1. The maximum absolute atomic E-state index is 13.3. The molecule has 0 aliphatic heterocycles. The van der Waals surface area contributed by atoms with Crippen molar-refractivity contribution in [3.05, 3.63) is 34.6 Å². The predicted octanol–water partition coefficient (Wildman–Crippen LogP) is 1.79. The van der Waals surface area contributed by atoms with Gasteiger partial charge in [-0.2, -0.15) is 0 Å². The van der Waals surface area contributed by atoms with Crippen LogP contribution in [0.5, 0.6) is 0 Å². The fourth-order valence-electron chi connectivity index (χ4n) is 1.87. The summed E-state index contributed by atoms with van der Waals surface area (Å²) in [6.45, 7) is 0.180. The monoisotopic (exact) mass is 181 g/mol. The molecule has 2 nitrogen and oxygen atoms in total. The van der Waals surface area contributed by atoms with E-state index in [1.165, 1.54) is 5.56 Å². The zero-order valence-electron chi connectivity index (χ0n) is 7.31. The summed E-state index contributed by atoms with van der Waals surface area (Å²) in [6, 6.07) is 3.44. The average Bonchev–Trinajstić information content (AvgIpc) is 2.52. The first-order valence-corrected chi connectivity index (χ1v) is 4.48. The van der Waals surface area contributed by atoms with Gasteiger partial charge in [-0.05, 0) is 36.5 Å². The lowest BCUT2D eigenvalue weighted by atomic mass is 10.1. The molecule has 0 amide bonds. The Morgan fingerprint density at radius 3 is 2.69 bits per heavy atom. The average molecular weight is 181 g/mol.